The van der Waals surface area contributed by atoms with Gasteiger partial charge in [-0.3, -0.25) is 9.89 Å². The lowest BCUT2D eigenvalue weighted by molar-refractivity contribution is 0.0736. The van der Waals surface area contributed by atoms with E-state index in [-0.39, 0.29) is 11.9 Å². The number of carbonyl (C=O) groups is 1. The Morgan fingerprint density at radius 3 is 2.87 bits per heavy atom. The first-order chi connectivity index (χ1) is 11.2. The molecule has 1 aromatic heterocycles. The number of amides is 1. The molecule has 5 heteroatoms. The van der Waals surface area contributed by atoms with Crippen LogP contribution in [0.5, 0.6) is 0 Å². The maximum Gasteiger partial charge on any atom is 0.254 e. The summed E-state index contributed by atoms with van der Waals surface area (Å²) in [5, 5.41) is 7.90. The van der Waals surface area contributed by atoms with Crippen LogP contribution >= 0.6 is 15.9 Å². The average Bonchev–Trinajstić information content (AvgIpc) is 3.23. The van der Waals surface area contributed by atoms with Crippen molar-refractivity contribution in [3.8, 4) is 0 Å². The number of carbonyl (C=O) groups excluding carboxylic acids is 1. The lowest BCUT2D eigenvalue weighted by Gasteiger charge is -2.25. The van der Waals surface area contributed by atoms with Gasteiger partial charge in [0.05, 0.1) is 17.8 Å². The van der Waals surface area contributed by atoms with E-state index in [1.807, 2.05) is 35.2 Å². The van der Waals surface area contributed by atoms with Gasteiger partial charge in [-0.2, -0.15) is 5.10 Å². The van der Waals surface area contributed by atoms with Crippen LogP contribution in [0.15, 0.2) is 53.1 Å². The summed E-state index contributed by atoms with van der Waals surface area (Å²) in [5.74, 6) is 0.0959. The van der Waals surface area contributed by atoms with Gasteiger partial charge >= 0.3 is 0 Å². The Labute approximate surface area is 142 Å². The SMILES string of the molecule is O=C(c1ccc2[nH]ncc2c1)N1CCC[C@@H]1c1ccc(Br)cc1. The zero-order chi connectivity index (χ0) is 15.8. The highest BCUT2D eigenvalue weighted by Crippen LogP contribution is 2.34. The molecule has 1 saturated heterocycles. The third kappa shape index (κ3) is 2.65. The third-order valence-corrected chi connectivity index (χ3v) is 4.98. The third-order valence-electron chi connectivity index (χ3n) is 4.46. The molecule has 0 unspecified atom stereocenters. The fourth-order valence-corrected chi connectivity index (χ4v) is 3.55. The first kappa shape index (κ1) is 14.5. The minimum Gasteiger partial charge on any atom is -0.332 e. The Morgan fingerprint density at radius 1 is 1.22 bits per heavy atom. The zero-order valence-corrected chi connectivity index (χ0v) is 14.1. The van der Waals surface area contributed by atoms with E-state index < -0.39 is 0 Å². The molecule has 2 heterocycles. The summed E-state index contributed by atoms with van der Waals surface area (Å²) in [4.78, 5) is 14.9. The van der Waals surface area contributed by atoms with Crippen LogP contribution < -0.4 is 0 Å². The van der Waals surface area contributed by atoms with Gasteiger partial charge in [0.1, 0.15) is 0 Å². The van der Waals surface area contributed by atoms with E-state index in [1.54, 1.807) is 6.20 Å². The molecular formula is C18H16BrN3O. The summed E-state index contributed by atoms with van der Waals surface area (Å²) >= 11 is 3.46. The van der Waals surface area contributed by atoms with Gasteiger partial charge < -0.3 is 4.90 Å². The van der Waals surface area contributed by atoms with Gasteiger partial charge in [-0.05, 0) is 48.7 Å². The summed E-state index contributed by atoms with van der Waals surface area (Å²) in [6, 6.07) is 14.1. The second-order valence-electron chi connectivity index (χ2n) is 5.88. The van der Waals surface area contributed by atoms with Crippen molar-refractivity contribution in [3.05, 3.63) is 64.3 Å². The van der Waals surface area contributed by atoms with Crippen LogP contribution in [0.4, 0.5) is 0 Å². The van der Waals surface area contributed by atoms with E-state index >= 15 is 0 Å². The van der Waals surface area contributed by atoms with Crippen LogP contribution in [0.25, 0.3) is 10.9 Å². The van der Waals surface area contributed by atoms with E-state index in [1.165, 1.54) is 5.56 Å². The first-order valence-corrected chi connectivity index (χ1v) is 8.51. The molecule has 1 amide bonds. The maximum absolute atomic E-state index is 12.9. The number of hydrogen-bond acceptors (Lipinski definition) is 2. The number of likely N-dealkylation sites (tertiary alicyclic amines) is 1. The number of hydrogen-bond donors (Lipinski definition) is 1. The summed E-state index contributed by atoms with van der Waals surface area (Å²) in [7, 11) is 0. The Balaban J connectivity index is 1.64. The fraction of sp³-hybridized carbons (Fsp3) is 0.222. The largest absolute Gasteiger partial charge is 0.332 e. The molecule has 116 valence electrons. The van der Waals surface area contributed by atoms with Crippen molar-refractivity contribution in [1.29, 1.82) is 0 Å². The van der Waals surface area contributed by atoms with E-state index in [2.05, 4.69) is 38.3 Å². The van der Waals surface area contributed by atoms with Crippen molar-refractivity contribution in [1.82, 2.24) is 15.1 Å². The molecule has 2 aromatic carbocycles. The molecule has 1 N–H and O–H groups in total. The Bertz CT molecular complexity index is 856. The standard InChI is InChI=1S/C18H16BrN3O/c19-15-6-3-12(4-7-15)17-2-1-9-22(17)18(23)13-5-8-16-14(10-13)11-20-21-16/h3-8,10-11,17H,1-2,9H2,(H,20,21)/t17-/m1/s1. The Kier molecular flexibility index (Phi) is 3.65. The van der Waals surface area contributed by atoms with E-state index in [4.69, 9.17) is 0 Å². The molecule has 0 bridgehead atoms. The van der Waals surface area contributed by atoms with Crippen molar-refractivity contribution < 1.29 is 4.79 Å². The molecule has 3 aromatic rings. The highest BCUT2D eigenvalue weighted by atomic mass is 79.9. The van der Waals surface area contributed by atoms with Crippen molar-refractivity contribution >= 4 is 32.7 Å². The fourth-order valence-electron chi connectivity index (χ4n) is 3.28. The lowest BCUT2D eigenvalue weighted by atomic mass is 10.0. The molecule has 23 heavy (non-hydrogen) atoms. The topological polar surface area (TPSA) is 49.0 Å². The highest BCUT2D eigenvalue weighted by molar-refractivity contribution is 9.10. The maximum atomic E-state index is 12.9. The minimum atomic E-state index is 0.0959. The molecular weight excluding hydrogens is 354 g/mol. The molecule has 1 fully saturated rings. The number of halogens is 1. The van der Waals surface area contributed by atoms with Crippen molar-refractivity contribution in [3.63, 3.8) is 0 Å². The molecule has 0 spiro atoms. The van der Waals surface area contributed by atoms with Gasteiger partial charge in [0.25, 0.3) is 5.91 Å². The normalized spacial score (nSPS) is 17.8. The Morgan fingerprint density at radius 2 is 2.04 bits per heavy atom. The van der Waals surface area contributed by atoms with E-state index in [9.17, 15) is 4.79 Å². The number of aromatic amines is 1. The number of aromatic nitrogens is 2. The van der Waals surface area contributed by atoms with Crippen LogP contribution in [0.3, 0.4) is 0 Å². The van der Waals surface area contributed by atoms with Gasteiger partial charge in [0.2, 0.25) is 0 Å². The van der Waals surface area contributed by atoms with Gasteiger partial charge in [-0.25, -0.2) is 0 Å². The summed E-state index contributed by atoms with van der Waals surface area (Å²) in [6.07, 6.45) is 3.81. The Hall–Kier alpha value is -2.14. The molecule has 0 aliphatic carbocycles. The van der Waals surface area contributed by atoms with E-state index in [0.29, 0.717) is 0 Å². The van der Waals surface area contributed by atoms with Gasteiger partial charge in [0.15, 0.2) is 0 Å². The van der Waals surface area contributed by atoms with Crippen LogP contribution in [0.1, 0.15) is 34.8 Å². The zero-order valence-electron chi connectivity index (χ0n) is 12.5. The number of rotatable bonds is 2. The number of benzene rings is 2. The van der Waals surface area contributed by atoms with Crippen molar-refractivity contribution in [2.75, 3.05) is 6.54 Å². The predicted octanol–water partition coefficient (Wildman–Crippen LogP) is 4.30. The monoisotopic (exact) mass is 369 g/mol. The highest BCUT2D eigenvalue weighted by Gasteiger charge is 2.30. The van der Waals surface area contributed by atoms with Crippen molar-refractivity contribution in [2.45, 2.75) is 18.9 Å². The molecule has 4 rings (SSSR count). The molecule has 1 atom stereocenters. The van der Waals surface area contributed by atoms with E-state index in [0.717, 1.165) is 40.3 Å². The second kappa shape index (κ2) is 5.81. The summed E-state index contributed by atoms with van der Waals surface area (Å²) < 4.78 is 1.06. The quantitative estimate of drug-likeness (QED) is 0.731. The van der Waals surface area contributed by atoms with Crippen LogP contribution in [-0.2, 0) is 0 Å². The van der Waals surface area contributed by atoms with Crippen LogP contribution in [-0.4, -0.2) is 27.5 Å². The van der Waals surface area contributed by atoms with Gasteiger partial charge in [0, 0.05) is 22.0 Å². The summed E-state index contributed by atoms with van der Waals surface area (Å²) in [6.45, 7) is 0.809. The minimum absolute atomic E-state index is 0.0959. The predicted molar refractivity (Wildman–Crippen MR) is 93.2 cm³/mol. The molecule has 0 saturated carbocycles. The average molecular weight is 370 g/mol. The van der Waals surface area contributed by atoms with Gasteiger partial charge in [-0.15, -0.1) is 0 Å². The summed E-state index contributed by atoms with van der Waals surface area (Å²) in [5.41, 5.74) is 2.87. The number of nitrogens with zero attached hydrogens (tertiary/aromatic N) is 2. The molecule has 0 radical (unpaired) electrons. The lowest BCUT2D eigenvalue weighted by Crippen LogP contribution is -2.30. The van der Waals surface area contributed by atoms with Crippen LogP contribution in [0, 0.1) is 0 Å². The number of fused-ring (bicyclic) bond motifs is 1. The molecule has 1 aliphatic rings. The molecule has 1 aliphatic heterocycles. The first-order valence-electron chi connectivity index (χ1n) is 7.72. The van der Waals surface area contributed by atoms with Crippen LogP contribution in [0.2, 0.25) is 0 Å². The number of H-pyrrole nitrogens is 1. The van der Waals surface area contributed by atoms with Gasteiger partial charge in [-0.1, -0.05) is 28.1 Å². The molecule has 4 nitrogen and oxygen atoms in total. The number of nitrogens with one attached hydrogen (secondary N) is 1. The van der Waals surface area contributed by atoms with Crippen molar-refractivity contribution in [2.24, 2.45) is 0 Å². The smallest absolute Gasteiger partial charge is 0.254 e. The second-order valence-corrected chi connectivity index (χ2v) is 6.80.